The van der Waals surface area contributed by atoms with Gasteiger partial charge in [0, 0.05) is 0 Å². The first-order valence-corrected chi connectivity index (χ1v) is 12.2. The first-order chi connectivity index (χ1) is 13.7. The topological polar surface area (TPSA) is 57.5 Å². The molecule has 0 aliphatic heterocycles. The number of aliphatic hydroxyl groups excluding tert-OH is 1. The third-order valence-electron chi connectivity index (χ3n) is 5.52. The summed E-state index contributed by atoms with van der Waals surface area (Å²) in [7, 11) is 0. The van der Waals surface area contributed by atoms with Gasteiger partial charge in [0.1, 0.15) is 0 Å². The molecule has 0 aliphatic rings. The second-order valence-electron chi connectivity index (χ2n) is 8.35. The number of unbranched alkanes of at least 4 members (excludes halogenated alkanes) is 17. The summed E-state index contributed by atoms with van der Waals surface area (Å²) in [6.45, 7) is 2.27. The normalized spacial score (nSPS) is 12.6. The maximum atomic E-state index is 10.5. The fraction of sp³-hybridized carbons (Fsp3) is 0.880. The van der Waals surface area contributed by atoms with E-state index in [1.807, 2.05) is 0 Å². The second-order valence-corrected chi connectivity index (χ2v) is 8.35. The molecule has 0 spiro atoms. The first-order valence-electron chi connectivity index (χ1n) is 12.2. The number of allylic oxidation sites excluding steroid dienone is 2. The summed E-state index contributed by atoms with van der Waals surface area (Å²) >= 11 is 0. The largest absolute Gasteiger partial charge is 0.479 e. The third-order valence-corrected chi connectivity index (χ3v) is 5.52. The zero-order valence-electron chi connectivity index (χ0n) is 18.7. The van der Waals surface area contributed by atoms with Crippen LogP contribution < -0.4 is 0 Å². The van der Waals surface area contributed by atoms with Gasteiger partial charge in [-0.25, -0.2) is 4.79 Å². The molecule has 1 atom stereocenters. The molecule has 3 heteroatoms. The van der Waals surface area contributed by atoms with Crippen LogP contribution in [0.1, 0.15) is 135 Å². The zero-order valence-corrected chi connectivity index (χ0v) is 18.7. The molecule has 0 amide bonds. The van der Waals surface area contributed by atoms with Crippen molar-refractivity contribution in [2.45, 2.75) is 141 Å². The molecular formula is C25H48O3. The van der Waals surface area contributed by atoms with Crippen LogP contribution in [-0.2, 0) is 4.79 Å². The van der Waals surface area contributed by atoms with E-state index in [1.54, 1.807) is 0 Å². The molecule has 0 aromatic rings. The lowest BCUT2D eigenvalue weighted by Crippen LogP contribution is -2.18. The highest BCUT2D eigenvalue weighted by Gasteiger charge is 2.11. The molecule has 3 nitrogen and oxygen atoms in total. The molecule has 0 fully saturated rings. The lowest BCUT2D eigenvalue weighted by atomic mass is 10.0. The predicted octanol–water partition coefficient (Wildman–Crippen LogP) is 7.81. The van der Waals surface area contributed by atoms with Gasteiger partial charge in [-0.1, -0.05) is 115 Å². The number of aliphatic hydroxyl groups is 1. The van der Waals surface area contributed by atoms with Crippen molar-refractivity contribution in [2.75, 3.05) is 0 Å². The average Bonchev–Trinajstić information content (AvgIpc) is 2.68. The minimum absolute atomic E-state index is 0.392. The molecule has 0 saturated carbocycles. The molecule has 0 saturated heterocycles. The summed E-state index contributed by atoms with van der Waals surface area (Å²) in [5, 5.41) is 17.8. The Morgan fingerprint density at radius 2 is 1.00 bits per heavy atom. The Kier molecular flexibility index (Phi) is 21.8. The molecule has 0 aromatic heterocycles. The summed E-state index contributed by atoms with van der Waals surface area (Å²) in [5.41, 5.74) is 0. The highest BCUT2D eigenvalue weighted by atomic mass is 16.4. The summed E-state index contributed by atoms with van der Waals surface area (Å²) < 4.78 is 0. The minimum Gasteiger partial charge on any atom is -0.479 e. The number of rotatable bonds is 22. The second kappa shape index (κ2) is 22.5. The van der Waals surface area contributed by atoms with Gasteiger partial charge in [-0.3, -0.25) is 0 Å². The van der Waals surface area contributed by atoms with Crippen LogP contribution in [-0.4, -0.2) is 22.3 Å². The Morgan fingerprint density at radius 1 is 0.643 bits per heavy atom. The Balaban J connectivity index is 3.12. The SMILES string of the molecule is CCCCCCCCC=CCCCCCCCCCCCCCC(O)C(=O)O. The Hall–Kier alpha value is -0.830. The van der Waals surface area contributed by atoms with Gasteiger partial charge in [-0.05, 0) is 32.1 Å². The molecule has 0 rings (SSSR count). The standard InChI is InChI=1S/C25H48O3/c1-2-3-4-5-6-7-8-9-10-11-12-13-14-15-16-17-18-19-20-21-22-23-24(26)25(27)28/h9-10,24,26H,2-8,11-23H2,1H3,(H,27,28). The number of carboxylic acids is 1. The first kappa shape index (κ1) is 27.2. The van der Waals surface area contributed by atoms with Crippen molar-refractivity contribution in [1.29, 1.82) is 0 Å². The van der Waals surface area contributed by atoms with E-state index >= 15 is 0 Å². The molecule has 0 bridgehead atoms. The van der Waals surface area contributed by atoms with E-state index in [1.165, 1.54) is 103 Å². The molecule has 0 heterocycles. The molecule has 0 aliphatic carbocycles. The van der Waals surface area contributed by atoms with Crippen molar-refractivity contribution in [2.24, 2.45) is 0 Å². The number of carbonyl (C=O) groups is 1. The highest BCUT2D eigenvalue weighted by molar-refractivity contribution is 5.71. The van der Waals surface area contributed by atoms with Crippen LogP contribution in [0.3, 0.4) is 0 Å². The smallest absolute Gasteiger partial charge is 0.332 e. The monoisotopic (exact) mass is 396 g/mol. The van der Waals surface area contributed by atoms with Crippen molar-refractivity contribution < 1.29 is 15.0 Å². The molecule has 0 radical (unpaired) electrons. The average molecular weight is 397 g/mol. The van der Waals surface area contributed by atoms with Gasteiger partial charge in [0.25, 0.3) is 0 Å². The summed E-state index contributed by atoms with van der Waals surface area (Å²) in [4.78, 5) is 10.5. The maximum absolute atomic E-state index is 10.5. The van der Waals surface area contributed by atoms with Crippen LogP contribution in [0.15, 0.2) is 12.2 Å². The third kappa shape index (κ3) is 21.5. The molecule has 1 unspecified atom stereocenters. The number of hydrogen-bond donors (Lipinski definition) is 2. The molecular weight excluding hydrogens is 348 g/mol. The van der Waals surface area contributed by atoms with E-state index in [0.29, 0.717) is 6.42 Å². The van der Waals surface area contributed by atoms with Gasteiger partial charge >= 0.3 is 5.97 Å². The fourth-order valence-electron chi connectivity index (χ4n) is 3.59. The van der Waals surface area contributed by atoms with E-state index in [-0.39, 0.29) is 0 Å². The fourth-order valence-corrected chi connectivity index (χ4v) is 3.59. The van der Waals surface area contributed by atoms with Crippen LogP contribution in [0.25, 0.3) is 0 Å². The number of carboxylic acid groups (broad SMARTS) is 1. The Morgan fingerprint density at radius 3 is 1.39 bits per heavy atom. The number of aliphatic carboxylic acids is 1. The van der Waals surface area contributed by atoms with Crippen LogP contribution in [0, 0.1) is 0 Å². The van der Waals surface area contributed by atoms with Gasteiger partial charge in [-0.2, -0.15) is 0 Å². The Labute approximate surface area is 175 Å². The lowest BCUT2D eigenvalue weighted by molar-refractivity contribution is -0.146. The van der Waals surface area contributed by atoms with E-state index in [4.69, 9.17) is 5.11 Å². The van der Waals surface area contributed by atoms with E-state index < -0.39 is 12.1 Å². The highest BCUT2D eigenvalue weighted by Crippen LogP contribution is 2.13. The van der Waals surface area contributed by atoms with Crippen molar-refractivity contribution in [3.05, 3.63) is 12.2 Å². The van der Waals surface area contributed by atoms with E-state index in [2.05, 4.69) is 19.1 Å². The quantitative estimate of drug-likeness (QED) is 0.145. The van der Waals surface area contributed by atoms with Crippen LogP contribution in [0.5, 0.6) is 0 Å². The van der Waals surface area contributed by atoms with Gasteiger partial charge in [0.05, 0.1) is 0 Å². The summed E-state index contributed by atoms with van der Waals surface area (Å²) in [5.74, 6) is -1.09. The minimum atomic E-state index is -1.17. The van der Waals surface area contributed by atoms with Crippen LogP contribution in [0.4, 0.5) is 0 Å². The predicted molar refractivity (Wildman–Crippen MR) is 121 cm³/mol. The molecule has 2 N–H and O–H groups in total. The van der Waals surface area contributed by atoms with Crippen molar-refractivity contribution in [1.82, 2.24) is 0 Å². The maximum Gasteiger partial charge on any atom is 0.332 e. The van der Waals surface area contributed by atoms with Crippen molar-refractivity contribution in [3.8, 4) is 0 Å². The summed E-state index contributed by atoms with van der Waals surface area (Å²) in [6.07, 6.45) is 28.6. The summed E-state index contributed by atoms with van der Waals surface area (Å²) in [6, 6.07) is 0. The van der Waals surface area contributed by atoms with Gasteiger partial charge in [-0.15, -0.1) is 0 Å². The van der Waals surface area contributed by atoms with Gasteiger partial charge < -0.3 is 10.2 Å². The van der Waals surface area contributed by atoms with Gasteiger partial charge in [0.2, 0.25) is 0 Å². The zero-order chi connectivity index (χ0) is 20.7. The van der Waals surface area contributed by atoms with Crippen molar-refractivity contribution in [3.63, 3.8) is 0 Å². The van der Waals surface area contributed by atoms with Crippen LogP contribution >= 0.6 is 0 Å². The van der Waals surface area contributed by atoms with Gasteiger partial charge in [0.15, 0.2) is 6.10 Å². The van der Waals surface area contributed by atoms with E-state index in [9.17, 15) is 9.90 Å². The molecule has 0 aromatic carbocycles. The molecule has 28 heavy (non-hydrogen) atoms. The lowest BCUT2D eigenvalue weighted by Gasteiger charge is -2.05. The Bertz CT molecular complexity index is 352. The number of hydrogen-bond acceptors (Lipinski definition) is 2. The van der Waals surface area contributed by atoms with E-state index in [0.717, 1.165) is 19.3 Å². The van der Waals surface area contributed by atoms with Crippen molar-refractivity contribution >= 4 is 5.97 Å². The van der Waals surface area contributed by atoms with Crippen LogP contribution in [0.2, 0.25) is 0 Å². The molecule has 166 valence electrons.